The van der Waals surface area contributed by atoms with Crippen LogP contribution in [-0.2, 0) is 22.6 Å². The molecule has 2 aromatic heterocycles. The van der Waals surface area contributed by atoms with Crippen molar-refractivity contribution < 1.29 is 14.0 Å². The molecule has 0 aliphatic carbocycles. The molecule has 7 nitrogen and oxygen atoms in total. The van der Waals surface area contributed by atoms with Crippen LogP contribution in [0, 0.1) is 12.7 Å². The van der Waals surface area contributed by atoms with Gasteiger partial charge in [-0.25, -0.2) is 9.07 Å². The quantitative estimate of drug-likeness (QED) is 0.627. The van der Waals surface area contributed by atoms with Gasteiger partial charge in [0.25, 0.3) is 0 Å². The molecule has 0 atom stereocenters. The average Bonchev–Trinajstić information content (AvgIpc) is 3.12. The first-order valence-electron chi connectivity index (χ1n) is 9.93. The number of nitrogens with zero attached hydrogens (tertiary/aromatic N) is 5. The maximum absolute atomic E-state index is 13.3. The number of carbonyl (C=O) groups is 2. The maximum Gasteiger partial charge on any atom is 0.228 e. The van der Waals surface area contributed by atoms with Crippen LogP contribution in [-0.4, -0.2) is 38.0 Å². The second-order valence-electron chi connectivity index (χ2n) is 7.38. The Kier molecular flexibility index (Phi) is 5.65. The van der Waals surface area contributed by atoms with Crippen molar-refractivity contribution in [1.82, 2.24) is 19.7 Å². The normalized spacial score (nSPS) is 13.2. The first kappa shape index (κ1) is 19.9. The van der Waals surface area contributed by atoms with Gasteiger partial charge in [-0.3, -0.25) is 24.5 Å². The van der Waals surface area contributed by atoms with Gasteiger partial charge in [-0.05, 0) is 25.5 Å². The van der Waals surface area contributed by atoms with Gasteiger partial charge in [-0.2, -0.15) is 5.10 Å². The Labute approximate surface area is 173 Å². The first-order chi connectivity index (χ1) is 14.5. The van der Waals surface area contributed by atoms with Crippen molar-refractivity contribution in [2.75, 3.05) is 11.4 Å². The highest BCUT2D eigenvalue weighted by molar-refractivity contribution is 5.95. The van der Waals surface area contributed by atoms with Gasteiger partial charge in [0.05, 0.1) is 29.7 Å². The van der Waals surface area contributed by atoms with Gasteiger partial charge >= 0.3 is 0 Å². The number of amides is 1. The minimum Gasteiger partial charge on any atom is -0.299 e. The number of Topliss-reactive ketones (excluding diaryl/α,β-unsaturated/α-hetero) is 1. The number of carbonyl (C=O) groups excluding carboxylic acids is 2. The van der Waals surface area contributed by atoms with Crippen LogP contribution in [0.25, 0.3) is 11.3 Å². The van der Waals surface area contributed by atoms with Gasteiger partial charge in [0.1, 0.15) is 17.4 Å². The average molecular weight is 407 g/mol. The highest BCUT2D eigenvalue weighted by Gasteiger charge is 2.24. The monoisotopic (exact) mass is 407 g/mol. The van der Waals surface area contributed by atoms with E-state index in [1.165, 1.54) is 24.5 Å². The Morgan fingerprint density at radius 1 is 1.10 bits per heavy atom. The molecule has 0 unspecified atom stereocenters. The molecule has 0 fully saturated rings. The maximum atomic E-state index is 13.3. The van der Waals surface area contributed by atoms with Crippen LogP contribution in [0.4, 0.5) is 10.2 Å². The van der Waals surface area contributed by atoms with Gasteiger partial charge in [0.15, 0.2) is 0 Å². The molecule has 30 heavy (non-hydrogen) atoms. The topological polar surface area (TPSA) is 81.0 Å². The van der Waals surface area contributed by atoms with Crippen molar-refractivity contribution in [3.05, 3.63) is 59.9 Å². The molecular formula is C22H22FN5O2. The minimum atomic E-state index is -0.342. The zero-order valence-electron chi connectivity index (χ0n) is 16.7. The lowest BCUT2D eigenvalue weighted by atomic mass is 10.1. The Morgan fingerprint density at radius 3 is 2.73 bits per heavy atom. The molecule has 3 aromatic rings. The second-order valence-corrected chi connectivity index (χ2v) is 7.38. The Balaban J connectivity index is 1.32. The number of ketones is 1. The molecule has 1 aliphatic rings. The zero-order chi connectivity index (χ0) is 21.1. The summed E-state index contributed by atoms with van der Waals surface area (Å²) < 4.78 is 15.2. The smallest absolute Gasteiger partial charge is 0.228 e. The van der Waals surface area contributed by atoms with E-state index in [2.05, 4.69) is 15.1 Å². The number of aromatic nitrogens is 4. The standard InChI is InChI=1S/C22H22FN5O2/c1-15-10-21-27(8-3-9-28(21)26-15)22(30)7-6-19(29)12-18-13-25-20(14-24-18)16-4-2-5-17(23)11-16/h2,4-5,10-11,13-14H,3,6-9,12H2,1H3. The molecule has 0 saturated carbocycles. The number of anilines is 1. The van der Waals surface area contributed by atoms with Gasteiger partial charge in [0.2, 0.25) is 5.91 Å². The highest BCUT2D eigenvalue weighted by atomic mass is 19.1. The minimum absolute atomic E-state index is 0.0714. The van der Waals surface area contributed by atoms with Crippen molar-refractivity contribution in [2.45, 2.75) is 39.2 Å². The lowest BCUT2D eigenvalue weighted by molar-refractivity contribution is -0.123. The summed E-state index contributed by atoms with van der Waals surface area (Å²) in [7, 11) is 0. The van der Waals surface area contributed by atoms with Crippen LogP contribution in [0.3, 0.4) is 0 Å². The van der Waals surface area contributed by atoms with E-state index in [1.54, 1.807) is 17.0 Å². The number of benzene rings is 1. The second kappa shape index (κ2) is 8.52. The van der Waals surface area contributed by atoms with E-state index < -0.39 is 0 Å². The van der Waals surface area contributed by atoms with E-state index >= 15 is 0 Å². The number of halogens is 1. The fourth-order valence-electron chi connectivity index (χ4n) is 3.57. The van der Waals surface area contributed by atoms with Crippen LogP contribution in [0.2, 0.25) is 0 Å². The Bertz CT molecular complexity index is 1080. The molecule has 1 amide bonds. The summed E-state index contributed by atoms with van der Waals surface area (Å²) in [5.74, 6) is 0.315. The summed E-state index contributed by atoms with van der Waals surface area (Å²) in [5.41, 5.74) is 2.57. The van der Waals surface area contributed by atoms with Crippen LogP contribution in [0.5, 0.6) is 0 Å². The molecular weight excluding hydrogens is 385 g/mol. The number of hydrogen-bond donors (Lipinski definition) is 0. The van der Waals surface area contributed by atoms with Gasteiger partial charge < -0.3 is 0 Å². The van der Waals surface area contributed by atoms with Crippen molar-refractivity contribution in [3.63, 3.8) is 0 Å². The molecule has 0 spiro atoms. The molecule has 0 radical (unpaired) electrons. The van der Waals surface area contributed by atoms with E-state index in [-0.39, 0.29) is 36.8 Å². The van der Waals surface area contributed by atoms with Gasteiger partial charge in [-0.1, -0.05) is 12.1 Å². The molecule has 1 aliphatic heterocycles. The van der Waals surface area contributed by atoms with Crippen molar-refractivity contribution in [1.29, 1.82) is 0 Å². The fourth-order valence-corrected chi connectivity index (χ4v) is 3.57. The summed E-state index contributed by atoms with van der Waals surface area (Å²) in [4.78, 5) is 35.2. The van der Waals surface area contributed by atoms with E-state index in [4.69, 9.17) is 0 Å². The van der Waals surface area contributed by atoms with Crippen LogP contribution < -0.4 is 4.90 Å². The summed E-state index contributed by atoms with van der Waals surface area (Å²) in [6.45, 7) is 3.35. The molecule has 1 aromatic carbocycles. The molecule has 4 rings (SSSR count). The van der Waals surface area contributed by atoms with Crippen molar-refractivity contribution in [2.24, 2.45) is 0 Å². The predicted octanol–water partition coefficient (Wildman–Crippen LogP) is 3.12. The summed E-state index contributed by atoms with van der Waals surface area (Å²) in [6.07, 6.45) is 4.31. The third-order valence-corrected chi connectivity index (χ3v) is 5.03. The Morgan fingerprint density at radius 2 is 1.97 bits per heavy atom. The first-order valence-corrected chi connectivity index (χ1v) is 9.93. The largest absolute Gasteiger partial charge is 0.299 e. The number of aryl methyl sites for hydroxylation is 2. The lowest BCUT2D eigenvalue weighted by Crippen LogP contribution is -2.37. The molecule has 8 heteroatoms. The summed E-state index contributed by atoms with van der Waals surface area (Å²) in [5, 5.41) is 4.39. The van der Waals surface area contributed by atoms with Crippen LogP contribution in [0.1, 0.15) is 30.7 Å². The summed E-state index contributed by atoms with van der Waals surface area (Å²) in [6, 6.07) is 8.00. The lowest BCUT2D eigenvalue weighted by Gasteiger charge is -2.27. The molecule has 154 valence electrons. The molecule has 0 saturated heterocycles. The fraction of sp³-hybridized carbons (Fsp3) is 0.318. The molecule has 0 bridgehead atoms. The third kappa shape index (κ3) is 4.42. The van der Waals surface area contributed by atoms with Gasteiger partial charge in [0, 0.05) is 43.8 Å². The zero-order valence-corrected chi connectivity index (χ0v) is 16.7. The number of hydrogen-bond acceptors (Lipinski definition) is 5. The van der Waals surface area contributed by atoms with E-state index in [1.807, 2.05) is 17.7 Å². The van der Waals surface area contributed by atoms with E-state index in [9.17, 15) is 14.0 Å². The van der Waals surface area contributed by atoms with Gasteiger partial charge in [-0.15, -0.1) is 0 Å². The number of fused-ring (bicyclic) bond motifs is 1. The summed E-state index contributed by atoms with van der Waals surface area (Å²) >= 11 is 0. The number of rotatable bonds is 6. The Hall–Kier alpha value is -3.42. The van der Waals surface area contributed by atoms with Crippen LogP contribution in [0.15, 0.2) is 42.7 Å². The third-order valence-electron chi connectivity index (χ3n) is 5.03. The highest BCUT2D eigenvalue weighted by Crippen LogP contribution is 2.23. The van der Waals surface area contributed by atoms with E-state index in [0.717, 1.165) is 24.5 Å². The SMILES string of the molecule is Cc1cc2n(n1)CCCN2C(=O)CCC(=O)Cc1cnc(-c2cccc(F)c2)cn1. The molecule has 3 heterocycles. The predicted molar refractivity (Wildman–Crippen MR) is 109 cm³/mol. The van der Waals surface area contributed by atoms with Crippen molar-refractivity contribution in [3.8, 4) is 11.3 Å². The van der Waals surface area contributed by atoms with E-state index in [0.29, 0.717) is 23.5 Å². The molecule has 0 N–H and O–H groups in total. The van der Waals surface area contributed by atoms with Crippen molar-refractivity contribution >= 4 is 17.5 Å². The van der Waals surface area contributed by atoms with Crippen LogP contribution >= 0.6 is 0 Å².